The Hall–Kier alpha value is -11.2. The smallest absolute Gasteiger partial charge is 0.213 e. The second-order valence-corrected chi connectivity index (χ2v) is 50.0. The van der Waals surface area contributed by atoms with Crippen LogP contribution in [0, 0.1) is 13.8 Å². The predicted octanol–water partition coefficient (Wildman–Crippen LogP) is 11.8. The molecule has 2 aliphatic carbocycles. The summed E-state index contributed by atoms with van der Waals surface area (Å²) in [5, 5.41) is 0.127. The van der Waals surface area contributed by atoms with Crippen LogP contribution in [-0.4, -0.2) is 314 Å². The number of aryl methyl sites for hydroxylation is 2. The van der Waals surface area contributed by atoms with E-state index in [9.17, 15) is 21.0 Å². The number of pyridine rings is 2. The molecule has 756 valence electrons. The number of hydrogen-bond acceptors (Lipinski definition) is 40. The Bertz CT molecular complexity index is 6690. The lowest BCUT2D eigenvalue weighted by molar-refractivity contribution is 0.0430. The molecule has 8 saturated heterocycles. The molecule has 15 heterocycles. The van der Waals surface area contributed by atoms with Gasteiger partial charge in [-0.25, -0.2) is 80.9 Å². The van der Waals surface area contributed by atoms with E-state index < -0.39 is 48.6 Å². The topological polar surface area (TPSA) is 505 Å². The molecule has 20 rings (SSSR count). The van der Waals surface area contributed by atoms with Crippen LogP contribution in [0.3, 0.4) is 0 Å². The molecule has 7 aromatic heterocycles. The van der Waals surface area contributed by atoms with Crippen molar-refractivity contribution in [3.8, 4) is 62.8 Å². The highest BCUT2D eigenvalue weighted by atomic mass is 32.2. The fourth-order valence-corrected chi connectivity index (χ4v) is 23.7. The lowest BCUT2D eigenvalue weighted by atomic mass is 10.2. The summed E-state index contributed by atoms with van der Waals surface area (Å²) >= 11 is 0. The van der Waals surface area contributed by atoms with Crippen LogP contribution in [0.4, 0.5) is 81.1 Å². The van der Waals surface area contributed by atoms with Crippen LogP contribution in [0.5, 0.6) is 5.88 Å². The van der Waals surface area contributed by atoms with E-state index in [0.717, 1.165) is 120 Å². The van der Waals surface area contributed by atoms with Gasteiger partial charge in [0.05, 0.1) is 207 Å². The zero-order chi connectivity index (χ0) is 99.7. The van der Waals surface area contributed by atoms with Crippen molar-refractivity contribution in [2.45, 2.75) is 131 Å². The van der Waals surface area contributed by atoms with Gasteiger partial charge < -0.3 is 90.1 Å². The van der Waals surface area contributed by atoms with Gasteiger partial charge in [0.25, 0.3) is 0 Å². The van der Waals surface area contributed by atoms with Crippen LogP contribution in [0.1, 0.15) is 71.7 Å². The predicted molar refractivity (Wildman–Crippen MR) is 555 cm³/mol. The SMILES string of the molecule is COc1cc(-c2nc(N=S(C)(=O)C3COC3)cc(N3CCOC[C@H]3C)n2)cc(C)n1.C[C@@H]1COCCN1c1cc(N=S(C)(=O)C2CC2)nc(-c2cccc(N)c2)n1.C[C@@H]1COCCN1c1cc(N=S(C)(=O)C2COC2)nc(-c2cccc(N)c2)n1.C[C@@H]1COCCN1c1cc(N=S(C)(=O)C2COC2)nc(-c2cccc(N)c2)n1.Cc1cc(-c2nc(N=S(C)(=O)C3CC3)cc(N3CCOC[C@H]3C)n2)cc(N)n1. The van der Waals surface area contributed by atoms with Gasteiger partial charge in [0.15, 0.2) is 58.2 Å². The Kier molecular flexibility index (Phi) is 32.6. The minimum Gasteiger partial charge on any atom is -0.481 e. The van der Waals surface area contributed by atoms with Crippen LogP contribution < -0.4 is 52.2 Å². The zero-order valence-electron chi connectivity index (χ0n) is 82.0. The average Bonchev–Trinajstić information content (AvgIpc) is 1.06. The standard InChI is InChI=1S/C20H27N5O4S.C19H26N6O2S.2C19H25N5O3S.C19H25N5O2S/c1-13-7-15(8-19(21-13)27-3)20-22-17(24-30(4,26)16-11-29-12-16)9-18(23-20)25-5-6-28-10-14(25)2;1-12-8-14(9-16(20)21-12)19-22-17(24-28(3,26)15-4-5-15)10-18(23-19)25-6-7-27-11-13(25)2;2*1-13-10-26-7-6-24(13)18-9-17(23-28(2,25)16-11-27-12-16)21-19(22-18)14-4-3-5-15(20)8-14;1-13-12-26-9-8-24(13)18-11-17(23-27(2,25)16-6-7-16)21-19(22-18)14-4-3-5-15(20)10-14/h7-9,14,16H,5-6,10-12H2,1-4H3;8-10,13,15H,4-7,11H2,1-3H3,(H2,20,21);2*3-5,8-9,13,16H,6-7,10-12,20H2,1-2H3;3-5,10-11,13,16H,6-9,12,20H2,1-2H3/t14-,30?;3*13-,28?;13-,27?/m11111/s1. The highest BCUT2D eigenvalue weighted by Crippen LogP contribution is 2.39. The molecule has 10 aromatic rings. The Morgan fingerprint density at radius 3 is 0.773 bits per heavy atom. The third kappa shape index (κ3) is 26.6. The maximum Gasteiger partial charge on any atom is 0.213 e. The molecule has 2 saturated carbocycles. The molecule has 141 heavy (non-hydrogen) atoms. The van der Waals surface area contributed by atoms with Gasteiger partial charge in [-0.1, -0.05) is 36.4 Å². The Balaban J connectivity index is 0.000000127. The molecule has 8 N–H and O–H groups in total. The molecule has 8 aliphatic heterocycles. The number of rotatable bonds is 21. The van der Waals surface area contributed by atoms with E-state index in [1.807, 2.05) is 111 Å². The van der Waals surface area contributed by atoms with Gasteiger partial charge in [-0.15, -0.1) is 0 Å². The van der Waals surface area contributed by atoms with Crippen LogP contribution >= 0.6 is 0 Å². The maximum absolute atomic E-state index is 13.1. The van der Waals surface area contributed by atoms with Crippen LogP contribution in [0.25, 0.3) is 56.9 Å². The number of methoxy groups -OCH3 is 1. The quantitative estimate of drug-likeness (QED) is 0.0485. The molecule has 0 bridgehead atoms. The van der Waals surface area contributed by atoms with Gasteiger partial charge in [-0.05, 0) is 129 Å². The van der Waals surface area contributed by atoms with E-state index >= 15 is 0 Å². The first kappa shape index (κ1) is 103. The molecule has 5 unspecified atom stereocenters. The van der Waals surface area contributed by atoms with Crippen molar-refractivity contribution >= 4 is 130 Å². The first-order chi connectivity index (χ1) is 67.4. The molecule has 0 amide bonds. The second-order valence-electron chi connectivity index (χ2n) is 37.1. The second kappa shape index (κ2) is 44.8. The van der Waals surface area contributed by atoms with Crippen molar-refractivity contribution in [3.05, 3.63) is 139 Å². The number of hydrogen-bond donors (Lipinski definition) is 4. The monoisotopic (exact) mass is 2030 g/mol. The summed E-state index contributed by atoms with van der Waals surface area (Å²) in [6, 6.07) is 39.6. The molecule has 45 heteroatoms. The molecular formula is C96H128N26O14S5. The first-order valence-electron chi connectivity index (χ1n) is 47.2. The van der Waals surface area contributed by atoms with Gasteiger partial charge in [0.2, 0.25) is 5.88 Å². The zero-order valence-corrected chi connectivity index (χ0v) is 86.1. The summed E-state index contributed by atoms with van der Waals surface area (Å²) in [4.78, 5) is 66.3. The number of ether oxygens (including phenoxy) is 9. The number of nitrogens with two attached hydrogens (primary N) is 4. The fourth-order valence-electron chi connectivity index (χ4n) is 16.5. The molecule has 10 atom stereocenters. The van der Waals surface area contributed by atoms with Crippen molar-refractivity contribution < 1.29 is 63.7 Å². The highest BCUT2D eigenvalue weighted by Gasteiger charge is 2.37. The highest BCUT2D eigenvalue weighted by molar-refractivity contribution is 7.95. The third-order valence-electron chi connectivity index (χ3n) is 25.2. The van der Waals surface area contributed by atoms with E-state index in [-0.39, 0.29) is 56.5 Å². The third-order valence-corrected chi connectivity index (χ3v) is 35.9. The Morgan fingerprint density at radius 1 is 0.298 bits per heavy atom. The Labute approximate surface area is 826 Å². The van der Waals surface area contributed by atoms with Crippen molar-refractivity contribution in [1.82, 2.24) is 59.8 Å². The number of aromatic nitrogens is 12. The fraction of sp³-hybridized carbons (Fsp3) is 0.500. The van der Waals surface area contributed by atoms with Crippen molar-refractivity contribution in [2.75, 3.05) is 224 Å². The lowest BCUT2D eigenvalue weighted by Gasteiger charge is -2.34. The van der Waals surface area contributed by atoms with Gasteiger partial charge >= 0.3 is 0 Å². The number of morpholine rings is 5. The van der Waals surface area contributed by atoms with E-state index in [0.29, 0.717) is 199 Å². The minimum absolute atomic E-state index is 0.0657. The molecule has 0 radical (unpaired) electrons. The summed E-state index contributed by atoms with van der Waals surface area (Å²) in [5.41, 5.74) is 31.2. The van der Waals surface area contributed by atoms with E-state index in [1.54, 1.807) is 68.7 Å². The first-order valence-corrected chi connectivity index (χ1v) is 57.2. The van der Waals surface area contributed by atoms with Gasteiger partial charge in [0, 0.05) is 167 Å². The molecule has 40 nitrogen and oxygen atoms in total. The summed E-state index contributed by atoms with van der Waals surface area (Å²) in [6.45, 7) is 27.1. The van der Waals surface area contributed by atoms with Crippen molar-refractivity contribution in [2.24, 2.45) is 21.8 Å². The molecule has 10 aliphatic rings. The van der Waals surface area contributed by atoms with E-state index in [4.69, 9.17) is 90.5 Å². The van der Waals surface area contributed by atoms with Gasteiger partial charge in [0.1, 0.15) is 34.9 Å². The molecule has 3 aromatic carbocycles. The van der Waals surface area contributed by atoms with Crippen LogP contribution in [-0.2, 0) is 86.5 Å². The number of benzene rings is 3. The average molecular weight is 2030 g/mol. The summed E-state index contributed by atoms with van der Waals surface area (Å²) in [6.07, 6.45) is 12.3. The molecule has 0 spiro atoms. The summed E-state index contributed by atoms with van der Waals surface area (Å²) < 4.78 is 136. The van der Waals surface area contributed by atoms with E-state index in [1.165, 1.54) is 0 Å². The lowest BCUT2D eigenvalue weighted by Crippen LogP contribution is -2.44. The Morgan fingerprint density at radius 2 is 0.546 bits per heavy atom. The van der Waals surface area contributed by atoms with Gasteiger partial charge in [-0.3, -0.25) is 0 Å². The number of nitrogens with zero attached hydrogens (tertiary/aromatic N) is 22. The van der Waals surface area contributed by atoms with E-state index in [2.05, 4.69) is 116 Å². The molecular weight excluding hydrogens is 1900 g/mol. The van der Waals surface area contributed by atoms with Crippen LogP contribution in [0.2, 0.25) is 0 Å². The normalized spacial score (nSPS) is 22.1. The maximum atomic E-state index is 13.1. The minimum atomic E-state index is -2.48. The molecule has 10 fully saturated rings. The van der Waals surface area contributed by atoms with Crippen LogP contribution in [0.15, 0.2) is 149 Å². The van der Waals surface area contributed by atoms with Gasteiger partial charge in [-0.2, -0.15) is 21.8 Å². The summed E-state index contributed by atoms with van der Waals surface area (Å²) in [5.74, 6) is 9.43. The van der Waals surface area contributed by atoms with Crippen molar-refractivity contribution in [1.29, 1.82) is 0 Å². The van der Waals surface area contributed by atoms with Crippen molar-refractivity contribution in [3.63, 3.8) is 0 Å². The largest absolute Gasteiger partial charge is 0.481 e. The number of anilines is 9. The summed E-state index contributed by atoms with van der Waals surface area (Å²) in [7, 11) is -10.4. The number of nitrogen functional groups attached to an aromatic ring is 4.